The Hall–Kier alpha value is -0.420. The summed E-state index contributed by atoms with van der Waals surface area (Å²) in [5.41, 5.74) is 7.59. The van der Waals surface area contributed by atoms with E-state index >= 15 is 0 Å². The Morgan fingerprint density at radius 1 is 0.500 bits per heavy atom. The van der Waals surface area contributed by atoms with Crippen molar-refractivity contribution in [1.29, 1.82) is 0 Å². The largest absolute Gasteiger partial charge is 0.0654 e. The first kappa shape index (κ1) is 24.2. The normalized spacial score (nSPS) is 11.1. The molecular formula is C26H26Br4. The summed E-state index contributed by atoms with van der Waals surface area (Å²) in [5.74, 6) is 0. The van der Waals surface area contributed by atoms with E-state index in [0.717, 1.165) is 30.7 Å². The third kappa shape index (κ3) is 5.88. The van der Waals surface area contributed by atoms with Gasteiger partial charge in [-0.05, 0) is 95.5 Å². The van der Waals surface area contributed by atoms with Crippen LogP contribution in [0.2, 0.25) is 0 Å². The molecule has 0 saturated carbocycles. The van der Waals surface area contributed by atoms with Crippen LogP contribution in [0.4, 0.5) is 0 Å². The van der Waals surface area contributed by atoms with E-state index in [1.165, 1.54) is 59.1 Å². The molecule has 0 aromatic heterocycles. The van der Waals surface area contributed by atoms with Gasteiger partial charge in [0, 0.05) is 17.9 Å². The summed E-state index contributed by atoms with van der Waals surface area (Å²) in [6.45, 7) is 4.48. The van der Waals surface area contributed by atoms with Crippen molar-refractivity contribution < 1.29 is 0 Å². The molecule has 158 valence electrons. The lowest BCUT2D eigenvalue weighted by Gasteiger charge is -2.15. The topological polar surface area (TPSA) is 0 Å². The van der Waals surface area contributed by atoms with Crippen LogP contribution in [0.1, 0.15) is 50.7 Å². The molecule has 30 heavy (non-hydrogen) atoms. The molecule has 0 aliphatic carbocycles. The molecule has 0 fully saturated rings. The van der Waals surface area contributed by atoms with Gasteiger partial charge in [0.2, 0.25) is 0 Å². The summed E-state index contributed by atoms with van der Waals surface area (Å²) in [4.78, 5) is 0. The van der Waals surface area contributed by atoms with Gasteiger partial charge in [0.25, 0.3) is 0 Å². The van der Waals surface area contributed by atoms with Crippen LogP contribution in [-0.4, -0.2) is 0 Å². The van der Waals surface area contributed by atoms with Crippen LogP contribution in [0.25, 0.3) is 22.3 Å². The van der Waals surface area contributed by atoms with Gasteiger partial charge in [0.1, 0.15) is 0 Å². The van der Waals surface area contributed by atoms with Gasteiger partial charge < -0.3 is 0 Å². The third-order valence-electron chi connectivity index (χ3n) is 5.34. The number of halogens is 4. The number of aryl methyl sites for hydroxylation is 2. The first-order valence-electron chi connectivity index (χ1n) is 10.5. The molecule has 0 bridgehead atoms. The highest BCUT2D eigenvalue weighted by Crippen LogP contribution is 2.42. The molecule has 0 N–H and O–H groups in total. The number of benzene rings is 3. The van der Waals surface area contributed by atoms with Crippen LogP contribution in [0.15, 0.2) is 66.4 Å². The van der Waals surface area contributed by atoms with E-state index in [2.05, 4.69) is 126 Å². The van der Waals surface area contributed by atoms with Crippen LogP contribution >= 0.6 is 63.7 Å². The Labute approximate surface area is 214 Å². The molecule has 3 aromatic carbocycles. The van der Waals surface area contributed by atoms with Gasteiger partial charge >= 0.3 is 0 Å². The summed E-state index contributed by atoms with van der Waals surface area (Å²) in [7, 11) is 0. The Kier molecular flexibility index (Phi) is 9.24. The highest BCUT2D eigenvalue weighted by atomic mass is 79.9. The van der Waals surface area contributed by atoms with Gasteiger partial charge in [-0.15, -0.1) is 0 Å². The van der Waals surface area contributed by atoms with E-state index in [0.29, 0.717) is 0 Å². The molecule has 3 aromatic rings. The van der Waals surface area contributed by atoms with E-state index in [9.17, 15) is 0 Å². The molecule has 3 rings (SSSR count). The highest BCUT2D eigenvalue weighted by molar-refractivity contribution is 9.11. The van der Waals surface area contributed by atoms with Crippen LogP contribution in [0.5, 0.6) is 0 Å². The van der Waals surface area contributed by atoms with Gasteiger partial charge in [-0.25, -0.2) is 0 Å². The summed E-state index contributed by atoms with van der Waals surface area (Å²) in [6, 6.07) is 17.9. The zero-order chi connectivity index (χ0) is 21.7. The predicted octanol–water partition coefficient (Wildman–Crippen LogP) is 10.8. The number of unbranched alkanes of at least 4 members (excludes halogenated alkanes) is 2. The molecule has 0 saturated heterocycles. The SMILES string of the molecule is CCCCc1ccc(Br)c(-c2cc(Br)c(-c3cc(CCCC)ccc3Br)cc2Br)c1. The van der Waals surface area contributed by atoms with E-state index in [1.54, 1.807) is 0 Å². The maximum absolute atomic E-state index is 3.85. The van der Waals surface area contributed by atoms with Gasteiger partial charge in [0.15, 0.2) is 0 Å². The zero-order valence-electron chi connectivity index (χ0n) is 17.4. The highest BCUT2D eigenvalue weighted by Gasteiger charge is 2.15. The Balaban J connectivity index is 2.03. The molecule has 0 unspecified atom stereocenters. The fourth-order valence-electron chi connectivity index (χ4n) is 3.59. The molecule has 0 amide bonds. The molecule has 4 heteroatoms. The predicted molar refractivity (Wildman–Crippen MR) is 145 cm³/mol. The Bertz CT molecular complexity index is 941. The molecule has 0 nitrogen and oxygen atoms in total. The molecule has 0 spiro atoms. The van der Waals surface area contributed by atoms with Crippen LogP contribution < -0.4 is 0 Å². The Morgan fingerprint density at radius 2 is 0.867 bits per heavy atom. The second kappa shape index (κ2) is 11.4. The van der Waals surface area contributed by atoms with Crippen molar-refractivity contribution in [1.82, 2.24) is 0 Å². The summed E-state index contributed by atoms with van der Waals surface area (Å²) in [6.07, 6.45) is 7.08. The van der Waals surface area contributed by atoms with E-state index in [4.69, 9.17) is 0 Å². The van der Waals surface area contributed by atoms with E-state index < -0.39 is 0 Å². The van der Waals surface area contributed by atoms with Gasteiger partial charge in [0.05, 0.1) is 0 Å². The average molecular weight is 658 g/mol. The minimum atomic E-state index is 1.10. The lowest BCUT2D eigenvalue weighted by atomic mass is 9.96. The molecule has 0 heterocycles. The molecule has 0 atom stereocenters. The fourth-order valence-corrected chi connectivity index (χ4v) is 5.62. The van der Waals surface area contributed by atoms with Crippen molar-refractivity contribution in [2.45, 2.75) is 52.4 Å². The van der Waals surface area contributed by atoms with Gasteiger partial charge in [-0.2, -0.15) is 0 Å². The van der Waals surface area contributed by atoms with Crippen molar-refractivity contribution in [3.8, 4) is 22.3 Å². The molecule has 0 aliphatic heterocycles. The Morgan fingerprint density at radius 3 is 1.23 bits per heavy atom. The van der Waals surface area contributed by atoms with Crippen LogP contribution in [0, 0.1) is 0 Å². The van der Waals surface area contributed by atoms with Crippen molar-refractivity contribution in [2.75, 3.05) is 0 Å². The summed E-state index contributed by atoms with van der Waals surface area (Å²) in [5, 5.41) is 0. The molecule has 0 aliphatic rings. The third-order valence-corrected chi connectivity index (χ3v) is 8.03. The standard InChI is InChI=1S/C26H26Br4/c1-3-5-7-17-9-11-23(27)19(13-17)21-15-26(30)22(16-25(21)29)20-14-18(8-6-4-2)10-12-24(20)28/h9-16H,3-8H2,1-2H3. The summed E-state index contributed by atoms with van der Waals surface area (Å²) < 4.78 is 4.43. The van der Waals surface area contributed by atoms with E-state index in [-0.39, 0.29) is 0 Å². The minimum Gasteiger partial charge on any atom is -0.0654 e. The van der Waals surface area contributed by atoms with Gasteiger partial charge in [-0.1, -0.05) is 103 Å². The molecular weight excluding hydrogens is 632 g/mol. The smallest absolute Gasteiger partial charge is 0.0261 e. The second-order valence-corrected chi connectivity index (χ2v) is 11.1. The summed E-state index contributed by atoms with van der Waals surface area (Å²) >= 11 is 15.2. The number of hydrogen-bond acceptors (Lipinski definition) is 0. The first-order valence-corrected chi connectivity index (χ1v) is 13.7. The zero-order valence-corrected chi connectivity index (χ0v) is 23.7. The average Bonchev–Trinajstić information content (AvgIpc) is 2.74. The lowest BCUT2D eigenvalue weighted by Crippen LogP contribution is -1.92. The minimum absolute atomic E-state index is 1.10. The van der Waals surface area contributed by atoms with Crippen molar-refractivity contribution in [2.24, 2.45) is 0 Å². The maximum Gasteiger partial charge on any atom is 0.0261 e. The van der Waals surface area contributed by atoms with Crippen molar-refractivity contribution in [3.05, 3.63) is 77.5 Å². The van der Waals surface area contributed by atoms with Crippen molar-refractivity contribution >= 4 is 63.7 Å². The maximum atomic E-state index is 3.85. The van der Waals surface area contributed by atoms with Gasteiger partial charge in [-0.3, -0.25) is 0 Å². The fraction of sp³-hybridized carbons (Fsp3) is 0.308. The first-order chi connectivity index (χ1) is 14.4. The molecule has 0 radical (unpaired) electrons. The number of hydrogen-bond donors (Lipinski definition) is 0. The quantitative estimate of drug-likeness (QED) is 0.226. The second-order valence-electron chi connectivity index (χ2n) is 7.65. The monoisotopic (exact) mass is 654 g/mol. The van der Waals surface area contributed by atoms with Crippen LogP contribution in [0.3, 0.4) is 0 Å². The lowest BCUT2D eigenvalue weighted by molar-refractivity contribution is 0.795. The number of rotatable bonds is 8. The van der Waals surface area contributed by atoms with E-state index in [1.807, 2.05) is 0 Å². The van der Waals surface area contributed by atoms with Crippen LogP contribution in [-0.2, 0) is 12.8 Å². The van der Waals surface area contributed by atoms with Crippen molar-refractivity contribution in [3.63, 3.8) is 0 Å².